The lowest BCUT2D eigenvalue weighted by Gasteiger charge is -2.20. The molecule has 0 radical (unpaired) electrons. The molecule has 1 aliphatic carbocycles. The Balaban J connectivity index is 1.54. The van der Waals surface area contributed by atoms with Crippen LogP contribution in [0.2, 0.25) is 5.15 Å². The fourth-order valence-corrected chi connectivity index (χ4v) is 9.44. The molecule has 1 aliphatic heterocycles. The number of carbonyl (C=O) groups is 2. The molecule has 2 fully saturated rings. The summed E-state index contributed by atoms with van der Waals surface area (Å²) >= 11 is 6.35. The minimum atomic E-state index is -4.58. The van der Waals surface area contributed by atoms with Crippen molar-refractivity contribution in [2.75, 3.05) is 30.1 Å². The number of pyridine rings is 1. The average Bonchev–Trinajstić information content (AvgIpc) is 3.64. The molecule has 3 heterocycles. The molecule has 0 amide bonds. The van der Waals surface area contributed by atoms with Gasteiger partial charge in [-0.1, -0.05) is 24.4 Å². The molecule has 0 spiro atoms. The van der Waals surface area contributed by atoms with Gasteiger partial charge in [0.25, 0.3) is 0 Å². The fraction of sp³-hybridized carbons (Fsp3) is 0.600. The first-order chi connectivity index (χ1) is 20.7. The van der Waals surface area contributed by atoms with Crippen LogP contribution in [0.25, 0.3) is 11.0 Å². The molecule has 4 atom stereocenters. The Morgan fingerprint density at radius 2 is 1.80 bits per heavy atom. The molecule has 2 aliphatic rings. The number of halogens is 1. The summed E-state index contributed by atoms with van der Waals surface area (Å²) in [6.07, 6.45) is -0.735. The summed E-state index contributed by atoms with van der Waals surface area (Å²) in [5.74, 6) is -2.54. The third-order valence-electron chi connectivity index (χ3n) is 7.04. The van der Waals surface area contributed by atoms with E-state index in [1.807, 2.05) is 0 Å². The van der Waals surface area contributed by atoms with E-state index >= 15 is 0 Å². The van der Waals surface area contributed by atoms with Gasteiger partial charge < -0.3 is 34.3 Å². The summed E-state index contributed by atoms with van der Waals surface area (Å²) in [7, 11) is -9.01. The van der Waals surface area contributed by atoms with Crippen LogP contribution in [-0.2, 0) is 47.2 Å². The Morgan fingerprint density at radius 1 is 1.18 bits per heavy atom. The van der Waals surface area contributed by atoms with Crippen LogP contribution in [0, 0.1) is 11.3 Å². The highest BCUT2D eigenvalue weighted by atomic mass is 35.5. The number of rotatable bonds is 13. The molecule has 1 saturated heterocycles. The molecule has 1 saturated carbocycles. The van der Waals surface area contributed by atoms with Crippen molar-refractivity contribution in [2.24, 2.45) is 0 Å². The van der Waals surface area contributed by atoms with Crippen LogP contribution in [0.15, 0.2) is 12.3 Å². The van der Waals surface area contributed by atoms with Crippen molar-refractivity contribution < 1.29 is 56.0 Å². The van der Waals surface area contributed by atoms with Crippen molar-refractivity contribution in [3.05, 3.63) is 23.0 Å². The third-order valence-corrected chi connectivity index (χ3v) is 12.0. The first-order valence-corrected chi connectivity index (χ1v) is 17.4. The number of nitrogens with zero attached hydrogens (tertiary/aromatic N) is 3. The van der Waals surface area contributed by atoms with Crippen LogP contribution in [0.5, 0.6) is 0 Å². The molecular formula is C25H32ClN4O12PS. The number of anilines is 1. The van der Waals surface area contributed by atoms with Gasteiger partial charge in [-0.3, -0.25) is 23.2 Å². The van der Waals surface area contributed by atoms with E-state index in [0.717, 1.165) is 39.5 Å². The Labute approximate surface area is 257 Å². The van der Waals surface area contributed by atoms with Crippen LogP contribution >= 0.6 is 19.2 Å². The van der Waals surface area contributed by atoms with Gasteiger partial charge in [-0.25, -0.2) is 13.4 Å². The van der Waals surface area contributed by atoms with Crippen LogP contribution < -0.4 is 5.32 Å². The summed E-state index contributed by atoms with van der Waals surface area (Å²) < 4.78 is 65.4. The van der Waals surface area contributed by atoms with Crippen LogP contribution in [0.4, 0.5) is 5.69 Å². The number of hydrogen-bond donors (Lipinski definition) is 3. The smallest absolute Gasteiger partial charge is 0.351 e. The number of aliphatic hydroxyl groups excluding tert-OH is 2. The van der Waals surface area contributed by atoms with Gasteiger partial charge in [0.15, 0.2) is 26.7 Å². The molecule has 2 aromatic heterocycles. The second kappa shape index (κ2) is 14.1. The lowest BCUT2D eigenvalue weighted by atomic mass is 10.1. The molecule has 3 N–H and O–H groups in total. The number of nitriles is 1. The molecular weight excluding hydrogens is 647 g/mol. The normalized spacial score (nSPS) is 22.6. The van der Waals surface area contributed by atoms with Gasteiger partial charge in [-0.15, -0.1) is 0 Å². The van der Waals surface area contributed by atoms with Crippen molar-refractivity contribution >= 4 is 57.7 Å². The second-order valence-electron chi connectivity index (χ2n) is 10.3. The third kappa shape index (κ3) is 8.06. The highest BCUT2D eigenvalue weighted by Gasteiger charge is 2.47. The molecule has 0 bridgehead atoms. The van der Waals surface area contributed by atoms with Gasteiger partial charge in [0, 0.05) is 31.5 Å². The topological polar surface area (TPSA) is 226 Å². The van der Waals surface area contributed by atoms with Crippen molar-refractivity contribution in [3.63, 3.8) is 0 Å². The maximum atomic E-state index is 13.1. The quantitative estimate of drug-likeness (QED) is 0.119. The first kappa shape index (κ1) is 34.1. The van der Waals surface area contributed by atoms with Crippen molar-refractivity contribution in [1.29, 1.82) is 5.26 Å². The zero-order valence-electron chi connectivity index (χ0n) is 23.8. The highest BCUT2D eigenvalue weighted by molar-refractivity contribution is 7.97. The molecule has 2 aromatic rings. The second-order valence-corrected chi connectivity index (χ2v) is 15.3. The Hall–Kier alpha value is -2.81. The molecule has 4 rings (SSSR count). The molecule has 16 nitrogen and oxygen atoms in total. The lowest BCUT2D eigenvalue weighted by Crippen LogP contribution is -2.36. The van der Waals surface area contributed by atoms with Gasteiger partial charge in [-0.2, -0.15) is 5.26 Å². The number of carbonyl (C=O) groups excluding carboxylic acids is 2. The molecule has 44 heavy (non-hydrogen) atoms. The summed E-state index contributed by atoms with van der Waals surface area (Å²) in [4.78, 5) is 26.4. The Kier molecular flexibility index (Phi) is 10.9. The van der Waals surface area contributed by atoms with E-state index in [1.54, 1.807) is 6.07 Å². The number of aliphatic hydroxyl groups is 2. The van der Waals surface area contributed by atoms with E-state index in [4.69, 9.17) is 25.4 Å². The van der Waals surface area contributed by atoms with Crippen LogP contribution in [0.1, 0.15) is 51.3 Å². The maximum Gasteiger partial charge on any atom is 0.351 e. The Bertz CT molecular complexity index is 1570. The summed E-state index contributed by atoms with van der Waals surface area (Å²) in [5, 5.41) is 35.1. The van der Waals surface area contributed by atoms with Crippen molar-refractivity contribution in [1.82, 2.24) is 9.55 Å². The van der Waals surface area contributed by atoms with Crippen LogP contribution in [-0.4, -0.2) is 89.3 Å². The molecule has 242 valence electrons. The standard InChI is InChI=1S/C25H32ClN4O12PS/c1-14(31)38-11-40-43(35,41-12-39-15(2)32)13-44(36,37)10-19-21(33)22(34)25(42-19)30-8-7-17-20(28-16-5-3-4-6-16)18(9-27)23(26)29-24(17)30/h7-8,16,19,21-22,25,33-34H,3-6,10-13H2,1-2H3,(H,28,29)/t19-,21-,22-,25+/m1/s1. The molecule has 19 heteroatoms. The van der Waals surface area contributed by atoms with Crippen molar-refractivity contribution in [2.45, 2.75) is 70.1 Å². The number of aromatic nitrogens is 2. The monoisotopic (exact) mass is 678 g/mol. The number of sulfone groups is 1. The number of esters is 2. The number of hydrogen-bond acceptors (Lipinski definition) is 15. The van der Waals surface area contributed by atoms with Gasteiger partial charge >= 0.3 is 19.5 Å². The maximum absolute atomic E-state index is 13.1. The van der Waals surface area contributed by atoms with E-state index in [2.05, 4.69) is 25.8 Å². The Morgan fingerprint density at radius 3 is 2.36 bits per heavy atom. The summed E-state index contributed by atoms with van der Waals surface area (Å²) in [6.45, 7) is 0.260. The van der Waals surface area contributed by atoms with Gasteiger partial charge in [-0.05, 0) is 18.9 Å². The molecule has 0 aromatic carbocycles. The fourth-order valence-electron chi connectivity index (χ4n) is 5.00. The minimum Gasteiger partial charge on any atom is -0.438 e. The highest BCUT2D eigenvalue weighted by Crippen LogP contribution is 2.50. The average molecular weight is 679 g/mol. The van der Waals surface area contributed by atoms with E-state index in [-0.39, 0.29) is 22.4 Å². The largest absolute Gasteiger partial charge is 0.438 e. The zero-order chi connectivity index (χ0) is 32.2. The lowest BCUT2D eigenvalue weighted by molar-refractivity contribution is -0.149. The van der Waals surface area contributed by atoms with E-state index < -0.39 is 78.7 Å². The minimum absolute atomic E-state index is 0.0918. The zero-order valence-corrected chi connectivity index (χ0v) is 26.2. The van der Waals surface area contributed by atoms with Crippen LogP contribution in [0.3, 0.4) is 0 Å². The van der Waals surface area contributed by atoms with Gasteiger partial charge in [0.05, 0.1) is 11.4 Å². The number of ether oxygens (including phenoxy) is 3. The van der Waals surface area contributed by atoms with E-state index in [0.29, 0.717) is 11.1 Å². The number of fused-ring (bicyclic) bond motifs is 1. The number of nitrogens with one attached hydrogen (secondary N) is 1. The van der Waals surface area contributed by atoms with Gasteiger partial charge in [0.1, 0.15) is 35.6 Å². The summed E-state index contributed by atoms with van der Waals surface area (Å²) in [5.41, 5.74) is -0.417. The first-order valence-electron chi connectivity index (χ1n) is 13.5. The van der Waals surface area contributed by atoms with Gasteiger partial charge in [0.2, 0.25) is 13.6 Å². The summed E-state index contributed by atoms with van der Waals surface area (Å²) in [6, 6.07) is 3.83. The SMILES string of the molecule is CC(=O)OCOP(=O)(CS(=O)(=O)C[C@H]1O[C@H](n2ccc3c(NC4CCCC4)c(C#N)c(Cl)nc32)[C@H](O)[C@@H]1O)OCOC(C)=O. The van der Waals surface area contributed by atoms with E-state index in [9.17, 15) is 38.0 Å². The molecule has 0 unspecified atom stereocenters. The predicted octanol–water partition coefficient (Wildman–Crippen LogP) is 2.17. The van der Waals surface area contributed by atoms with Crippen molar-refractivity contribution in [3.8, 4) is 6.07 Å². The van der Waals surface area contributed by atoms with E-state index in [1.165, 1.54) is 10.8 Å². The predicted molar refractivity (Wildman–Crippen MR) is 153 cm³/mol.